The molecule has 1 N–H and O–H groups in total. The van der Waals surface area contributed by atoms with E-state index in [1.54, 1.807) is 6.33 Å². The van der Waals surface area contributed by atoms with Crippen LogP contribution in [0.4, 0.5) is 0 Å². The van der Waals surface area contributed by atoms with E-state index in [1.807, 2.05) is 6.20 Å². The van der Waals surface area contributed by atoms with Crippen LogP contribution in [0.15, 0.2) is 12.5 Å². The van der Waals surface area contributed by atoms with Crippen LogP contribution in [0.2, 0.25) is 0 Å². The molecule has 1 saturated heterocycles. The highest BCUT2D eigenvalue weighted by Gasteiger charge is 2.21. The molecule has 0 bridgehead atoms. The van der Waals surface area contributed by atoms with Gasteiger partial charge >= 0.3 is 0 Å². The normalized spacial score (nSPS) is 21.8. The number of rotatable bonds is 2. The second kappa shape index (κ2) is 4.05. The quantitative estimate of drug-likeness (QED) is 0.772. The second-order valence-electron chi connectivity index (χ2n) is 4.21. The van der Waals surface area contributed by atoms with Gasteiger partial charge in [0.2, 0.25) is 0 Å². The molecular weight excluding hydrogens is 174 g/mol. The SMILES string of the molecule is CC(C)c1cncnc1C1CCNC1. The fourth-order valence-electron chi connectivity index (χ4n) is 2.02. The third-order valence-corrected chi connectivity index (χ3v) is 2.84. The zero-order valence-electron chi connectivity index (χ0n) is 8.83. The summed E-state index contributed by atoms with van der Waals surface area (Å²) in [5, 5.41) is 3.38. The Hall–Kier alpha value is -0.960. The summed E-state index contributed by atoms with van der Waals surface area (Å²) in [6.45, 7) is 6.58. The fourth-order valence-corrected chi connectivity index (χ4v) is 2.02. The van der Waals surface area contributed by atoms with Crippen molar-refractivity contribution in [3.05, 3.63) is 23.8 Å². The molecule has 14 heavy (non-hydrogen) atoms. The number of aromatic nitrogens is 2. The Bertz CT molecular complexity index is 303. The van der Waals surface area contributed by atoms with E-state index < -0.39 is 0 Å². The molecule has 0 aliphatic carbocycles. The number of hydrogen-bond donors (Lipinski definition) is 1. The maximum atomic E-state index is 4.43. The van der Waals surface area contributed by atoms with Gasteiger partial charge in [0, 0.05) is 18.7 Å². The van der Waals surface area contributed by atoms with Gasteiger partial charge in [-0.2, -0.15) is 0 Å². The van der Waals surface area contributed by atoms with Crippen molar-refractivity contribution < 1.29 is 0 Å². The minimum absolute atomic E-state index is 0.520. The largest absolute Gasteiger partial charge is 0.316 e. The van der Waals surface area contributed by atoms with Crippen LogP contribution in [-0.4, -0.2) is 23.1 Å². The molecule has 1 fully saturated rings. The lowest BCUT2D eigenvalue weighted by atomic mass is 9.94. The van der Waals surface area contributed by atoms with Crippen molar-refractivity contribution in [1.82, 2.24) is 15.3 Å². The van der Waals surface area contributed by atoms with Crippen LogP contribution in [0.5, 0.6) is 0 Å². The van der Waals surface area contributed by atoms with E-state index in [9.17, 15) is 0 Å². The molecule has 1 aromatic rings. The standard InChI is InChI=1S/C11H17N3/c1-8(2)10-6-13-7-14-11(10)9-3-4-12-5-9/h6-9,12H,3-5H2,1-2H3. The van der Waals surface area contributed by atoms with Crippen molar-refractivity contribution in [3.8, 4) is 0 Å². The van der Waals surface area contributed by atoms with Crippen molar-refractivity contribution in [2.75, 3.05) is 13.1 Å². The van der Waals surface area contributed by atoms with Crippen LogP contribution in [0.25, 0.3) is 0 Å². The lowest BCUT2D eigenvalue weighted by molar-refractivity contribution is 0.695. The van der Waals surface area contributed by atoms with Crippen LogP contribution in [0, 0.1) is 0 Å². The van der Waals surface area contributed by atoms with Crippen molar-refractivity contribution in [2.24, 2.45) is 0 Å². The number of hydrogen-bond acceptors (Lipinski definition) is 3. The number of nitrogens with one attached hydrogen (secondary N) is 1. The van der Waals surface area contributed by atoms with E-state index in [-0.39, 0.29) is 0 Å². The van der Waals surface area contributed by atoms with E-state index in [1.165, 1.54) is 17.7 Å². The Morgan fingerprint density at radius 2 is 2.36 bits per heavy atom. The minimum atomic E-state index is 0.520. The maximum absolute atomic E-state index is 4.43. The van der Waals surface area contributed by atoms with Gasteiger partial charge in [0.15, 0.2) is 0 Å². The number of nitrogens with zero attached hydrogens (tertiary/aromatic N) is 2. The maximum Gasteiger partial charge on any atom is 0.115 e. The summed E-state index contributed by atoms with van der Waals surface area (Å²) < 4.78 is 0. The first-order chi connectivity index (χ1) is 6.79. The Balaban J connectivity index is 2.30. The molecule has 1 aromatic heterocycles. The molecule has 1 unspecified atom stereocenters. The predicted molar refractivity (Wildman–Crippen MR) is 56.3 cm³/mol. The Morgan fingerprint density at radius 3 is 3.00 bits per heavy atom. The molecule has 1 aliphatic heterocycles. The Kier molecular flexibility index (Phi) is 2.77. The van der Waals surface area contributed by atoms with Gasteiger partial charge in [-0.1, -0.05) is 13.8 Å². The third-order valence-electron chi connectivity index (χ3n) is 2.84. The first-order valence-electron chi connectivity index (χ1n) is 5.29. The van der Waals surface area contributed by atoms with Gasteiger partial charge in [-0.3, -0.25) is 0 Å². The predicted octanol–water partition coefficient (Wildman–Crippen LogP) is 1.68. The summed E-state index contributed by atoms with van der Waals surface area (Å²) >= 11 is 0. The zero-order chi connectivity index (χ0) is 9.97. The van der Waals surface area contributed by atoms with Gasteiger partial charge in [0.25, 0.3) is 0 Å². The molecule has 76 valence electrons. The Morgan fingerprint density at radius 1 is 1.50 bits per heavy atom. The topological polar surface area (TPSA) is 37.8 Å². The highest BCUT2D eigenvalue weighted by atomic mass is 14.9. The van der Waals surface area contributed by atoms with E-state index in [4.69, 9.17) is 0 Å². The fraction of sp³-hybridized carbons (Fsp3) is 0.636. The molecule has 1 aliphatic rings. The van der Waals surface area contributed by atoms with Crippen LogP contribution in [0.1, 0.15) is 43.4 Å². The molecule has 0 saturated carbocycles. The molecule has 2 heterocycles. The second-order valence-corrected chi connectivity index (χ2v) is 4.21. The van der Waals surface area contributed by atoms with Crippen molar-refractivity contribution in [2.45, 2.75) is 32.1 Å². The van der Waals surface area contributed by atoms with E-state index in [2.05, 4.69) is 29.1 Å². The van der Waals surface area contributed by atoms with E-state index >= 15 is 0 Å². The highest BCUT2D eigenvalue weighted by molar-refractivity contribution is 5.24. The van der Waals surface area contributed by atoms with Crippen LogP contribution >= 0.6 is 0 Å². The molecule has 1 atom stereocenters. The summed E-state index contributed by atoms with van der Waals surface area (Å²) in [5.41, 5.74) is 2.56. The first kappa shape index (κ1) is 9.59. The summed E-state index contributed by atoms with van der Waals surface area (Å²) in [4.78, 5) is 8.54. The summed E-state index contributed by atoms with van der Waals surface area (Å²) in [6.07, 6.45) is 4.83. The third kappa shape index (κ3) is 1.77. The average molecular weight is 191 g/mol. The molecule has 0 radical (unpaired) electrons. The molecule has 3 heteroatoms. The van der Waals surface area contributed by atoms with Gasteiger partial charge in [0.1, 0.15) is 6.33 Å². The van der Waals surface area contributed by atoms with Crippen molar-refractivity contribution in [3.63, 3.8) is 0 Å². The average Bonchev–Trinajstić information content (AvgIpc) is 2.70. The summed E-state index contributed by atoms with van der Waals surface area (Å²) in [5.74, 6) is 1.11. The highest BCUT2D eigenvalue weighted by Crippen LogP contribution is 2.27. The minimum Gasteiger partial charge on any atom is -0.316 e. The van der Waals surface area contributed by atoms with Crippen LogP contribution in [0.3, 0.4) is 0 Å². The van der Waals surface area contributed by atoms with Crippen molar-refractivity contribution >= 4 is 0 Å². The molecule has 0 aromatic carbocycles. The van der Waals surface area contributed by atoms with Gasteiger partial charge < -0.3 is 5.32 Å². The molecule has 2 rings (SSSR count). The smallest absolute Gasteiger partial charge is 0.115 e. The lowest BCUT2D eigenvalue weighted by Crippen LogP contribution is -2.11. The molecule has 0 amide bonds. The van der Waals surface area contributed by atoms with Crippen molar-refractivity contribution in [1.29, 1.82) is 0 Å². The first-order valence-corrected chi connectivity index (χ1v) is 5.29. The monoisotopic (exact) mass is 191 g/mol. The van der Waals surface area contributed by atoms with E-state index in [0.717, 1.165) is 13.1 Å². The molecular formula is C11H17N3. The Labute approximate surface area is 85.0 Å². The molecule has 0 spiro atoms. The van der Waals surface area contributed by atoms with Crippen LogP contribution < -0.4 is 5.32 Å². The summed E-state index contributed by atoms with van der Waals surface area (Å²) in [6, 6.07) is 0. The lowest BCUT2D eigenvalue weighted by Gasteiger charge is -2.14. The van der Waals surface area contributed by atoms with Gasteiger partial charge in [-0.05, 0) is 24.4 Å². The van der Waals surface area contributed by atoms with Gasteiger partial charge in [-0.15, -0.1) is 0 Å². The zero-order valence-corrected chi connectivity index (χ0v) is 8.83. The molecule has 3 nitrogen and oxygen atoms in total. The van der Waals surface area contributed by atoms with Gasteiger partial charge in [0.05, 0.1) is 5.69 Å². The van der Waals surface area contributed by atoms with Crippen LogP contribution in [-0.2, 0) is 0 Å². The van der Waals surface area contributed by atoms with E-state index in [0.29, 0.717) is 11.8 Å². The van der Waals surface area contributed by atoms with Gasteiger partial charge in [-0.25, -0.2) is 9.97 Å². The summed E-state index contributed by atoms with van der Waals surface area (Å²) in [7, 11) is 0.